The first-order chi connectivity index (χ1) is 17.5. The van der Waals surface area contributed by atoms with E-state index in [0.29, 0.717) is 31.3 Å². The zero-order chi connectivity index (χ0) is 24.8. The Kier molecular flexibility index (Phi) is 5.52. The Balaban J connectivity index is 1.37. The third kappa shape index (κ3) is 3.74. The fraction of sp³-hybridized carbons (Fsp3) is 0.346. The number of fused-ring (bicyclic) bond motifs is 1. The van der Waals surface area contributed by atoms with Gasteiger partial charge in [-0.25, -0.2) is 14.6 Å². The number of carbonyl (C=O) groups excluding carboxylic acids is 1. The number of nitrogens with zero attached hydrogens (tertiary/aromatic N) is 7. The first-order valence-corrected chi connectivity index (χ1v) is 12.1. The maximum Gasteiger partial charge on any atom is 0.392 e. The van der Waals surface area contributed by atoms with E-state index in [1.165, 1.54) is 0 Å². The van der Waals surface area contributed by atoms with Gasteiger partial charge in [0, 0.05) is 30.9 Å². The number of imidazole rings is 1. The second-order valence-electron chi connectivity index (χ2n) is 9.11. The van der Waals surface area contributed by atoms with Crippen molar-refractivity contribution in [3.8, 4) is 23.1 Å². The van der Waals surface area contributed by atoms with Gasteiger partial charge >= 0.3 is 5.88 Å². The van der Waals surface area contributed by atoms with Crippen LogP contribution in [0.4, 0.5) is 5.69 Å². The quantitative estimate of drug-likeness (QED) is 0.403. The molecule has 6 rings (SSSR count). The fourth-order valence-corrected chi connectivity index (χ4v) is 5.01. The summed E-state index contributed by atoms with van der Waals surface area (Å²) in [6.45, 7) is 3.85. The van der Waals surface area contributed by atoms with Crippen molar-refractivity contribution in [3.63, 3.8) is 0 Å². The zero-order valence-corrected chi connectivity index (χ0v) is 20.6. The van der Waals surface area contributed by atoms with Crippen LogP contribution in [0.1, 0.15) is 36.0 Å². The first-order valence-electron chi connectivity index (χ1n) is 12.1. The minimum absolute atomic E-state index is 0.165. The number of ether oxygens (including phenoxy) is 2. The average molecular weight is 487 g/mol. The van der Waals surface area contributed by atoms with Gasteiger partial charge < -0.3 is 14.4 Å². The van der Waals surface area contributed by atoms with Crippen LogP contribution < -0.4 is 14.2 Å². The van der Waals surface area contributed by atoms with Crippen LogP contribution in [0.5, 0.6) is 5.88 Å². The highest BCUT2D eigenvalue weighted by atomic mass is 16.5. The Bertz CT molecular complexity index is 1460. The number of pyridine rings is 1. The summed E-state index contributed by atoms with van der Waals surface area (Å²) in [6, 6.07) is 12.0. The number of methoxy groups -OCH3 is 1. The van der Waals surface area contributed by atoms with Crippen LogP contribution in [-0.2, 0) is 23.1 Å². The number of aromatic nitrogens is 6. The number of amides is 1. The van der Waals surface area contributed by atoms with Crippen LogP contribution in [0.25, 0.3) is 17.2 Å². The van der Waals surface area contributed by atoms with E-state index in [1.807, 2.05) is 75.3 Å². The van der Waals surface area contributed by atoms with Crippen molar-refractivity contribution in [2.75, 3.05) is 25.2 Å². The zero-order valence-electron chi connectivity index (χ0n) is 20.6. The lowest BCUT2D eigenvalue weighted by molar-refractivity contribution is -0.665. The molecule has 0 radical (unpaired) electrons. The van der Waals surface area contributed by atoms with Gasteiger partial charge in [0.25, 0.3) is 5.69 Å². The lowest BCUT2D eigenvalue weighted by Crippen LogP contribution is -2.34. The number of aryl methyl sites for hydroxylation is 1. The summed E-state index contributed by atoms with van der Waals surface area (Å²) in [5.74, 6) is 2.18. The summed E-state index contributed by atoms with van der Waals surface area (Å²) >= 11 is 0. The normalized spacial score (nSPS) is 17.5. The number of rotatable bonds is 5. The monoisotopic (exact) mass is 486 g/mol. The second-order valence-corrected chi connectivity index (χ2v) is 9.11. The van der Waals surface area contributed by atoms with Gasteiger partial charge in [-0.1, -0.05) is 12.1 Å². The number of hydrogen-bond donors (Lipinski definition) is 0. The van der Waals surface area contributed by atoms with E-state index in [4.69, 9.17) is 19.6 Å². The molecule has 1 unspecified atom stereocenters. The maximum atomic E-state index is 12.3. The molecule has 0 spiro atoms. The van der Waals surface area contributed by atoms with Crippen LogP contribution in [0.2, 0.25) is 0 Å². The number of carbonyl (C=O) groups is 1. The largest absolute Gasteiger partial charge is 0.446 e. The second kappa shape index (κ2) is 8.87. The summed E-state index contributed by atoms with van der Waals surface area (Å²) in [7, 11) is 3.59. The Morgan fingerprint density at radius 1 is 1.19 bits per heavy atom. The van der Waals surface area contributed by atoms with E-state index >= 15 is 0 Å². The van der Waals surface area contributed by atoms with Crippen molar-refractivity contribution in [1.82, 2.24) is 24.3 Å². The molecule has 0 bridgehead atoms. The minimum Gasteiger partial charge on any atom is -0.446 e. The average Bonchev–Trinajstić information content (AvgIpc) is 3.63. The van der Waals surface area contributed by atoms with Crippen LogP contribution in [0.3, 0.4) is 0 Å². The summed E-state index contributed by atoms with van der Waals surface area (Å²) in [6.07, 6.45) is 4.85. The molecule has 0 saturated carbocycles. The van der Waals surface area contributed by atoms with Crippen molar-refractivity contribution in [3.05, 3.63) is 66.0 Å². The Hall–Kier alpha value is -4.05. The van der Waals surface area contributed by atoms with Crippen molar-refractivity contribution < 1.29 is 18.8 Å². The van der Waals surface area contributed by atoms with Crippen molar-refractivity contribution in [1.29, 1.82) is 0 Å². The molecule has 10 heteroatoms. The summed E-state index contributed by atoms with van der Waals surface area (Å²) < 4.78 is 17.7. The third-order valence-electron chi connectivity index (χ3n) is 6.78. The molecular weight excluding hydrogens is 458 g/mol. The highest BCUT2D eigenvalue weighted by Gasteiger charge is 2.31. The van der Waals surface area contributed by atoms with Gasteiger partial charge in [0.05, 0.1) is 32.3 Å². The van der Waals surface area contributed by atoms with E-state index < -0.39 is 0 Å². The molecule has 1 atom stereocenters. The van der Waals surface area contributed by atoms with E-state index in [0.717, 1.165) is 47.1 Å². The Morgan fingerprint density at radius 3 is 2.83 bits per heavy atom. The van der Waals surface area contributed by atoms with Crippen LogP contribution >= 0.6 is 0 Å². The summed E-state index contributed by atoms with van der Waals surface area (Å²) in [5.41, 5.74) is 4.49. The molecule has 5 heterocycles. The smallest absolute Gasteiger partial charge is 0.392 e. The summed E-state index contributed by atoms with van der Waals surface area (Å²) in [4.78, 5) is 23.4. The molecule has 1 aromatic carbocycles. The van der Waals surface area contributed by atoms with Gasteiger partial charge in [0.1, 0.15) is 13.2 Å². The van der Waals surface area contributed by atoms with E-state index in [2.05, 4.69) is 4.98 Å². The molecule has 184 valence electrons. The molecule has 3 aromatic heterocycles. The number of hydrogen-bond acceptors (Lipinski definition) is 6. The van der Waals surface area contributed by atoms with Crippen molar-refractivity contribution in [2.45, 2.75) is 32.4 Å². The van der Waals surface area contributed by atoms with E-state index in [1.54, 1.807) is 13.4 Å². The van der Waals surface area contributed by atoms with Gasteiger partial charge in [-0.05, 0) is 37.1 Å². The first kappa shape index (κ1) is 22.4. The molecule has 2 aliphatic heterocycles. The van der Waals surface area contributed by atoms with E-state index in [9.17, 15) is 4.79 Å². The molecule has 1 saturated heterocycles. The van der Waals surface area contributed by atoms with Gasteiger partial charge in [-0.2, -0.15) is 4.57 Å². The maximum absolute atomic E-state index is 12.3. The number of anilines is 1. The van der Waals surface area contributed by atoms with Crippen LogP contribution in [0.15, 0.2) is 48.9 Å². The lowest BCUT2D eigenvalue weighted by Gasteiger charge is -2.24. The molecule has 1 amide bonds. The SMILES string of the molecule is COc1c(-n2cnc(C)c2)ccc(-c2nc3n(n2)CCOC3c2cccc(N3CCCC3=O)c2)[n+]1C. The molecular formula is C26H28N7O3+. The molecule has 2 aliphatic rings. The summed E-state index contributed by atoms with van der Waals surface area (Å²) in [5, 5.41) is 4.82. The van der Waals surface area contributed by atoms with Gasteiger partial charge in [0.15, 0.2) is 11.5 Å². The standard InChI is InChI=1S/C26H28N7O3/c1-17-15-31(16-27-17)21-10-9-20(30(2)26(21)35-3)24-28-25-23(36-13-12-33(25)29-24)18-6-4-7-19(14-18)32-11-5-8-22(32)34/h4,6-7,9-10,14-16,23H,5,8,11-13H2,1-3H3/q+1. The predicted octanol–water partition coefficient (Wildman–Crippen LogP) is 2.52. The van der Waals surface area contributed by atoms with Crippen molar-refractivity contribution in [2.24, 2.45) is 7.05 Å². The highest BCUT2D eigenvalue weighted by Crippen LogP contribution is 2.33. The molecule has 4 aromatic rings. The Morgan fingerprint density at radius 2 is 2.08 bits per heavy atom. The molecule has 0 N–H and O–H groups in total. The Labute approximate surface area is 208 Å². The fourth-order valence-electron chi connectivity index (χ4n) is 5.01. The van der Waals surface area contributed by atoms with Gasteiger partial charge in [-0.3, -0.25) is 9.36 Å². The van der Waals surface area contributed by atoms with Crippen LogP contribution in [0, 0.1) is 6.92 Å². The predicted molar refractivity (Wildman–Crippen MR) is 131 cm³/mol. The van der Waals surface area contributed by atoms with E-state index in [-0.39, 0.29) is 12.0 Å². The van der Waals surface area contributed by atoms with Gasteiger partial charge in [0.2, 0.25) is 11.7 Å². The lowest BCUT2D eigenvalue weighted by atomic mass is 10.1. The molecule has 0 aliphatic carbocycles. The third-order valence-corrected chi connectivity index (χ3v) is 6.78. The highest BCUT2D eigenvalue weighted by molar-refractivity contribution is 5.95. The van der Waals surface area contributed by atoms with Crippen molar-refractivity contribution >= 4 is 11.6 Å². The number of benzene rings is 1. The molecule has 36 heavy (non-hydrogen) atoms. The minimum atomic E-state index is -0.363. The van der Waals surface area contributed by atoms with Crippen LogP contribution in [-0.4, -0.2) is 50.5 Å². The molecule has 1 fully saturated rings. The molecule has 10 nitrogen and oxygen atoms in total. The topological polar surface area (TPSA) is 91.2 Å². The van der Waals surface area contributed by atoms with Gasteiger partial charge in [-0.15, -0.1) is 5.10 Å².